The molecule has 1 amide bonds. The van der Waals surface area contributed by atoms with Crippen LogP contribution in [0.25, 0.3) is 0 Å². The van der Waals surface area contributed by atoms with Gasteiger partial charge in [0.15, 0.2) is 0 Å². The van der Waals surface area contributed by atoms with E-state index in [2.05, 4.69) is 5.32 Å². The van der Waals surface area contributed by atoms with Gasteiger partial charge in [-0.05, 0) is 19.3 Å². The molecule has 0 spiro atoms. The lowest BCUT2D eigenvalue weighted by Crippen LogP contribution is -2.35. The highest BCUT2D eigenvalue weighted by Gasteiger charge is 2.25. The maximum absolute atomic E-state index is 11.1. The van der Waals surface area contributed by atoms with E-state index in [1.54, 1.807) is 7.11 Å². The van der Waals surface area contributed by atoms with Gasteiger partial charge < -0.3 is 14.8 Å². The molecule has 0 heterocycles. The van der Waals surface area contributed by atoms with Gasteiger partial charge in [-0.15, -0.1) is 0 Å². The third kappa shape index (κ3) is 3.32. The maximum atomic E-state index is 11.1. The third-order valence-electron chi connectivity index (χ3n) is 2.36. The van der Waals surface area contributed by atoms with Crippen molar-refractivity contribution in [1.82, 2.24) is 5.32 Å². The highest BCUT2D eigenvalue weighted by molar-refractivity contribution is 5.77. The Kier molecular flexibility index (Phi) is 4.18. The molecule has 0 aromatic carbocycles. The van der Waals surface area contributed by atoms with Gasteiger partial charge in [0, 0.05) is 20.3 Å². The first-order valence-electron chi connectivity index (χ1n) is 4.57. The average molecular weight is 187 g/mol. The van der Waals surface area contributed by atoms with Crippen LogP contribution in [0.3, 0.4) is 0 Å². The average Bonchev–Trinajstić information content (AvgIpc) is 2.52. The number of nitrogens with one attached hydrogen (secondary N) is 1. The SMILES string of the molecule is COCC(=O)NC1CCC(OC)C1. The van der Waals surface area contributed by atoms with E-state index < -0.39 is 0 Å². The topological polar surface area (TPSA) is 47.6 Å². The molecule has 0 aromatic heterocycles. The second-order valence-corrected chi connectivity index (χ2v) is 3.37. The largest absolute Gasteiger partial charge is 0.381 e. The summed E-state index contributed by atoms with van der Waals surface area (Å²) in [5.74, 6) is -0.0377. The van der Waals surface area contributed by atoms with Crippen molar-refractivity contribution >= 4 is 5.91 Å². The highest BCUT2D eigenvalue weighted by Crippen LogP contribution is 2.21. The first-order chi connectivity index (χ1) is 6.26. The van der Waals surface area contributed by atoms with Crippen LogP contribution in [0.2, 0.25) is 0 Å². The van der Waals surface area contributed by atoms with Crippen LogP contribution in [0.1, 0.15) is 19.3 Å². The molecule has 13 heavy (non-hydrogen) atoms. The zero-order valence-corrected chi connectivity index (χ0v) is 8.21. The second-order valence-electron chi connectivity index (χ2n) is 3.37. The van der Waals surface area contributed by atoms with Crippen molar-refractivity contribution in [3.8, 4) is 0 Å². The van der Waals surface area contributed by atoms with Gasteiger partial charge in [-0.1, -0.05) is 0 Å². The van der Waals surface area contributed by atoms with E-state index in [1.807, 2.05) is 0 Å². The number of carbonyl (C=O) groups excluding carboxylic acids is 1. The summed E-state index contributed by atoms with van der Waals surface area (Å²) < 4.78 is 9.92. The van der Waals surface area contributed by atoms with Crippen molar-refractivity contribution in [1.29, 1.82) is 0 Å². The zero-order chi connectivity index (χ0) is 9.68. The van der Waals surface area contributed by atoms with E-state index in [-0.39, 0.29) is 18.6 Å². The predicted octanol–water partition coefficient (Wildman–Crippen LogP) is 0.317. The summed E-state index contributed by atoms with van der Waals surface area (Å²) in [6.07, 6.45) is 3.28. The van der Waals surface area contributed by atoms with Crippen LogP contribution in [-0.4, -0.2) is 38.9 Å². The minimum Gasteiger partial charge on any atom is -0.381 e. The van der Waals surface area contributed by atoms with Crippen LogP contribution >= 0.6 is 0 Å². The molecular formula is C9H17NO3. The Labute approximate surface area is 78.6 Å². The van der Waals surface area contributed by atoms with E-state index in [0.29, 0.717) is 6.10 Å². The maximum Gasteiger partial charge on any atom is 0.246 e. The van der Waals surface area contributed by atoms with Gasteiger partial charge in [-0.2, -0.15) is 0 Å². The van der Waals surface area contributed by atoms with Gasteiger partial charge in [0.05, 0.1) is 6.10 Å². The Morgan fingerprint density at radius 2 is 2.23 bits per heavy atom. The smallest absolute Gasteiger partial charge is 0.246 e. The van der Waals surface area contributed by atoms with Gasteiger partial charge >= 0.3 is 0 Å². The Bertz CT molecular complexity index is 172. The first kappa shape index (κ1) is 10.5. The Morgan fingerprint density at radius 1 is 1.46 bits per heavy atom. The summed E-state index contributed by atoms with van der Waals surface area (Å²) in [4.78, 5) is 11.1. The summed E-state index contributed by atoms with van der Waals surface area (Å²) >= 11 is 0. The van der Waals surface area contributed by atoms with Crippen molar-refractivity contribution < 1.29 is 14.3 Å². The van der Waals surface area contributed by atoms with Crippen molar-refractivity contribution in [2.24, 2.45) is 0 Å². The monoisotopic (exact) mass is 187 g/mol. The lowest BCUT2D eigenvalue weighted by atomic mass is 10.2. The van der Waals surface area contributed by atoms with Gasteiger partial charge in [-0.3, -0.25) is 4.79 Å². The highest BCUT2D eigenvalue weighted by atomic mass is 16.5. The normalized spacial score (nSPS) is 27.5. The molecule has 1 saturated carbocycles. The van der Waals surface area contributed by atoms with E-state index in [9.17, 15) is 4.79 Å². The molecule has 0 saturated heterocycles. The number of ether oxygens (including phenoxy) is 2. The number of hydrogen-bond acceptors (Lipinski definition) is 3. The van der Waals surface area contributed by atoms with Crippen molar-refractivity contribution in [3.63, 3.8) is 0 Å². The van der Waals surface area contributed by atoms with Gasteiger partial charge in [-0.25, -0.2) is 0 Å². The molecule has 2 unspecified atom stereocenters. The summed E-state index contributed by atoms with van der Waals surface area (Å²) in [5, 5.41) is 2.90. The fourth-order valence-corrected chi connectivity index (χ4v) is 1.69. The second kappa shape index (κ2) is 5.19. The van der Waals surface area contributed by atoms with E-state index in [4.69, 9.17) is 9.47 Å². The van der Waals surface area contributed by atoms with Crippen LogP contribution < -0.4 is 5.32 Å². The number of methoxy groups -OCH3 is 2. The molecule has 1 fully saturated rings. The molecule has 2 atom stereocenters. The van der Waals surface area contributed by atoms with Gasteiger partial charge in [0.25, 0.3) is 0 Å². The Balaban J connectivity index is 2.19. The molecule has 0 aromatic rings. The summed E-state index contributed by atoms with van der Waals surface area (Å²) in [6, 6.07) is 0.271. The summed E-state index contributed by atoms with van der Waals surface area (Å²) in [5.41, 5.74) is 0. The quantitative estimate of drug-likeness (QED) is 0.689. The fourth-order valence-electron chi connectivity index (χ4n) is 1.69. The summed E-state index contributed by atoms with van der Waals surface area (Å²) in [7, 11) is 3.23. The van der Waals surface area contributed by atoms with E-state index in [0.717, 1.165) is 19.3 Å². The molecule has 4 nitrogen and oxygen atoms in total. The van der Waals surface area contributed by atoms with Crippen molar-refractivity contribution in [2.45, 2.75) is 31.4 Å². The summed E-state index contributed by atoms with van der Waals surface area (Å²) in [6.45, 7) is 0.147. The van der Waals surface area contributed by atoms with Crippen molar-refractivity contribution in [3.05, 3.63) is 0 Å². The molecule has 4 heteroatoms. The molecule has 0 bridgehead atoms. The standard InChI is InChI=1S/C9H17NO3/c1-12-6-9(11)10-7-3-4-8(5-7)13-2/h7-8H,3-6H2,1-2H3,(H,10,11). The van der Waals surface area contributed by atoms with Crippen LogP contribution in [0.4, 0.5) is 0 Å². The Morgan fingerprint density at radius 3 is 2.77 bits per heavy atom. The molecule has 76 valence electrons. The fraction of sp³-hybridized carbons (Fsp3) is 0.889. The Hall–Kier alpha value is -0.610. The number of rotatable bonds is 4. The molecule has 1 N–H and O–H groups in total. The van der Waals surface area contributed by atoms with Crippen molar-refractivity contribution in [2.75, 3.05) is 20.8 Å². The zero-order valence-electron chi connectivity index (χ0n) is 8.21. The molecule has 1 aliphatic carbocycles. The van der Waals surface area contributed by atoms with Crippen LogP contribution in [0.15, 0.2) is 0 Å². The van der Waals surface area contributed by atoms with Gasteiger partial charge in [0.2, 0.25) is 5.91 Å². The molecule has 0 aliphatic heterocycles. The molecular weight excluding hydrogens is 170 g/mol. The van der Waals surface area contributed by atoms with Gasteiger partial charge in [0.1, 0.15) is 6.61 Å². The molecule has 1 rings (SSSR count). The minimum absolute atomic E-state index is 0.0377. The predicted molar refractivity (Wildman–Crippen MR) is 48.5 cm³/mol. The minimum atomic E-state index is -0.0377. The third-order valence-corrected chi connectivity index (χ3v) is 2.36. The van der Waals surface area contributed by atoms with Crippen LogP contribution in [0.5, 0.6) is 0 Å². The van der Waals surface area contributed by atoms with Crippen LogP contribution in [0, 0.1) is 0 Å². The lowest BCUT2D eigenvalue weighted by Gasteiger charge is -2.12. The number of amides is 1. The molecule has 0 radical (unpaired) electrons. The van der Waals surface area contributed by atoms with Crippen LogP contribution in [-0.2, 0) is 14.3 Å². The number of hydrogen-bond donors (Lipinski definition) is 1. The number of carbonyl (C=O) groups is 1. The van der Waals surface area contributed by atoms with E-state index in [1.165, 1.54) is 7.11 Å². The van der Waals surface area contributed by atoms with E-state index >= 15 is 0 Å². The first-order valence-corrected chi connectivity index (χ1v) is 4.57. The molecule has 1 aliphatic rings. The lowest BCUT2D eigenvalue weighted by molar-refractivity contribution is -0.125.